The number of rotatable bonds is 4. The number of hydrogen-bond acceptors (Lipinski definition) is 7. The Morgan fingerprint density at radius 1 is 1.06 bits per heavy atom. The van der Waals surface area contributed by atoms with Crippen LogP contribution >= 0.6 is 0 Å². The highest BCUT2D eigenvalue weighted by Gasteiger charge is 2.38. The van der Waals surface area contributed by atoms with E-state index in [4.69, 9.17) is 8.92 Å². The van der Waals surface area contributed by atoms with Gasteiger partial charge in [0, 0.05) is 29.5 Å². The number of halogens is 1. The summed E-state index contributed by atoms with van der Waals surface area (Å²) in [5, 5.41) is 11.4. The van der Waals surface area contributed by atoms with Gasteiger partial charge in [0.1, 0.15) is 5.82 Å². The molecule has 0 amide bonds. The number of carbonyl (C=O) groups is 1. The van der Waals surface area contributed by atoms with Crippen molar-refractivity contribution in [3.8, 4) is 0 Å². The molecule has 2 unspecified atom stereocenters. The number of esters is 1. The van der Waals surface area contributed by atoms with Crippen LogP contribution in [0.5, 0.6) is 0 Å². The fourth-order valence-electron chi connectivity index (χ4n) is 4.16. The maximum Gasteiger partial charge on any atom is 0.340 e. The zero-order valence-electron chi connectivity index (χ0n) is 17.9. The summed E-state index contributed by atoms with van der Waals surface area (Å²) in [6, 6.07) is 18.1. The van der Waals surface area contributed by atoms with Gasteiger partial charge in [-0.15, -0.1) is 0 Å². The predicted octanol–water partition coefficient (Wildman–Crippen LogP) is 5.21. The Kier molecular flexibility index (Phi) is 6.61. The molecule has 2 heterocycles. The number of carbonyl (C=O) groups excluding carboxylic acids is 1. The molecule has 0 fully saturated rings. The fraction of sp³-hybridized carbons (Fsp3) is 0.160. The lowest BCUT2D eigenvalue weighted by Crippen LogP contribution is -2.25. The molecule has 36 heavy (non-hydrogen) atoms. The molecule has 186 valence electrons. The van der Waals surface area contributed by atoms with Crippen LogP contribution in [0.1, 0.15) is 35.8 Å². The van der Waals surface area contributed by atoms with E-state index >= 15 is 0 Å². The zero-order chi connectivity index (χ0) is 24.7. The molecule has 1 aliphatic heterocycles. The molecule has 9 nitrogen and oxygen atoms in total. The van der Waals surface area contributed by atoms with Gasteiger partial charge in [-0.05, 0) is 42.0 Å². The molecular weight excluding hydrogens is 491 g/mol. The Hall–Kier alpha value is -4.09. The van der Waals surface area contributed by atoms with Crippen molar-refractivity contribution in [2.75, 3.05) is 0 Å². The van der Waals surface area contributed by atoms with Gasteiger partial charge in [-0.2, -0.15) is 8.42 Å². The fourth-order valence-corrected chi connectivity index (χ4v) is 5.39. The van der Waals surface area contributed by atoms with Gasteiger partial charge in [-0.3, -0.25) is 10.1 Å². The van der Waals surface area contributed by atoms with Gasteiger partial charge in [0.2, 0.25) is 6.29 Å². The highest BCUT2D eigenvalue weighted by molar-refractivity contribution is 7.86. The van der Waals surface area contributed by atoms with Crippen molar-refractivity contribution in [3.05, 3.63) is 106 Å². The highest BCUT2D eigenvalue weighted by atomic mass is 32.2. The number of fused-ring (bicyclic) bond motifs is 3. The van der Waals surface area contributed by atoms with Gasteiger partial charge in [-0.25, -0.2) is 13.4 Å². The number of aromatic nitrogens is 1. The van der Waals surface area contributed by atoms with Crippen molar-refractivity contribution in [1.29, 1.82) is 0 Å². The van der Waals surface area contributed by atoms with Crippen LogP contribution in [0.2, 0.25) is 0 Å². The van der Waals surface area contributed by atoms with Crippen LogP contribution in [0.4, 0.5) is 10.1 Å². The lowest BCUT2D eigenvalue weighted by Gasteiger charge is -2.22. The molecule has 1 aromatic heterocycles. The van der Waals surface area contributed by atoms with Crippen molar-refractivity contribution in [2.24, 2.45) is 0 Å². The Labute approximate surface area is 206 Å². The summed E-state index contributed by atoms with van der Waals surface area (Å²) in [7, 11) is -4.38. The first-order chi connectivity index (χ1) is 16.7. The van der Waals surface area contributed by atoms with Crippen LogP contribution < -0.4 is 0 Å². The number of nitro groups is 1. The van der Waals surface area contributed by atoms with E-state index in [2.05, 4.69) is 0 Å². The molecule has 0 spiro atoms. The molecular formula is C25H21FN2O7S. The summed E-state index contributed by atoms with van der Waals surface area (Å²) in [5.74, 6) is -1.43. The molecule has 0 saturated heterocycles. The van der Waals surface area contributed by atoms with Crippen molar-refractivity contribution < 1.29 is 31.4 Å². The second-order valence-corrected chi connectivity index (χ2v) is 9.43. The second kappa shape index (κ2) is 9.51. The third-order valence-corrected chi connectivity index (χ3v) is 7.01. The van der Waals surface area contributed by atoms with E-state index in [9.17, 15) is 27.7 Å². The first-order valence-corrected chi connectivity index (χ1v) is 11.9. The molecule has 0 aliphatic carbocycles. The third kappa shape index (κ3) is 4.58. The summed E-state index contributed by atoms with van der Waals surface area (Å²) in [6.07, 6.45) is -1.66. The van der Waals surface area contributed by atoms with E-state index in [1.54, 1.807) is 34.9 Å². The van der Waals surface area contributed by atoms with Crippen molar-refractivity contribution in [3.63, 3.8) is 0 Å². The summed E-state index contributed by atoms with van der Waals surface area (Å²) in [4.78, 5) is 22.9. The van der Waals surface area contributed by atoms with Crippen LogP contribution in [0.3, 0.4) is 0 Å². The van der Waals surface area contributed by atoms with Gasteiger partial charge < -0.3 is 9.30 Å². The summed E-state index contributed by atoms with van der Waals surface area (Å²) < 4.78 is 52.7. The molecule has 0 saturated carbocycles. The SMILES string of the molecule is C.O=C(OC1CC(c2cccc(F)c2)n2c(cc3ccccc32)S(=O)(=O)O1)c1ccc([N+](=O)[O-])cc1. The molecule has 4 aromatic rings. The van der Waals surface area contributed by atoms with Crippen LogP contribution in [-0.4, -0.2) is 30.2 Å². The van der Waals surface area contributed by atoms with Crippen molar-refractivity contribution >= 4 is 32.7 Å². The number of hydrogen-bond donors (Lipinski definition) is 0. The summed E-state index contributed by atoms with van der Waals surface area (Å²) in [5.41, 5.74) is 0.816. The monoisotopic (exact) mass is 512 g/mol. The third-order valence-electron chi connectivity index (χ3n) is 5.72. The molecule has 2 atom stereocenters. The lowest BCUT2D eigenvalue weighted by molar-refractivity contribution is -0.384. The van der Waals surface area contributed by atoms with Crippen LogP contribution in [-0.2, 0) is 19.0 Å². The molecule has 0 radical (unpaired) electrons. The van der Waals surface area contributed by atoms with Gasteiger partial charge in [-0.1, -0.05) is 37.8 Å². The average molecular weight is 513 g/mol. The van der Waals surface area contributed by atoms with Crippen LogP contribution in [0, 0.1) is 15.9 Å². The normalized spacial score (nSPS) is 18.5. The zero-order valence-corrected chi connectivity index (χ0v) is 18.7. The van der Waals surface area contributed by atoms with E-state index in [0.717, 1.165) is 12.1 Å². The van der Waals surface area contributed by atoms with Gasteiger partial charge >= 0.3 is 16.1 Å². The highest BCUT2D eigenvalue weighted by Crippen LogP contribution is 2.38. The number of para-hydroxylation sites is 1. The minimum Gasteiger partial charge on any atom is -0.431 e. The molecule has 5 rings (SSSR count). The minimum absolute atomic E-state index is 0. The second-order valence-electron chi connectivity index (χ2n) is 7.91. The van der Waals surface area contributed by atoms with E-state index in [1.165, 1.54) is 36.4 Å². The number of nitro benzene ring substituents is 1. The Balaban J connectivity index is 0.00000304. The minimum atomic E-state index is -4.38. The van der Waals surface area contributed by atoms with Crippen LogP contribution in [0.15, 0.2) is 83.9 Å². The van der Waals surface area contributed by atoms with E-state index in [-0.39, 0.29) is 30.1 Å². The van der Waals surface area contributed by atoms with Crippen molar-refractivity contribution in [1.82, 2.24) is 4.57 Å². The number of nitrogens with zero attached hydrogens (tertiary/aromatic N) is 2. The summed E-state index contributed by atoms with van der Waals surface area (Å²) in [6.45, 7) is 0. The van der Waals surface area contributed by atoms with E-state index in [1.807, 2.05) is 0 Å². The molecule has 1 aliphatic rings. The Bertz CT molecular complexity index is 1570. The molecule has 3 aromatic carbocycles. The molecule has 11 heteroatoms. The quantitative estimate of drug-likeness (QED) is 0.159. The standard InChI is InChI=1S/C24H17FN2O7S.CH4/c25-18-6-3-5-16(12-18)21-14-23(33-24(28)15-8-10-19(11-9-15)27(29)30)34-35(31,32)22-13-17-4-1-2-7-20(17)26(21)22;/h1-13,21,23H,14H2;1H4. The summed E-state index contributed by atoms with van der Waals surface area (Å²) >= 11 is 0. The van der Waals surface area contributed by atoms with E-state index in [0.29, 0.717) is 16.5 Å². The van der Waals surface area contributed by atoms with E-state index < -0.39 is 39.2 Å². The first-order valence-electron chi connectivity index (χ1n) is 10.5. The van der Waals surface area contributed by atoms with Gasteiger partial charge in [0.15, 0.2) is 5.03 Å². The lowest BCUT2D eigenvalue weighted by atomic mass is 10.0. The van der Waals surface area contributed by atoms with Crippen LogP contribution in [0.25, 0.3) is 10.9 Å². The van der Waals surface area contributed by atoms with Gasteiger partial charge in [0.05, 0.1) is 16.5 Å². The average Bonchev–Trinajstić information content (AvgIpc) is 3.18. The predicted molar refractivity (Wildman–Crippen MR) is 128 cm³/mol. The Morgan fingerprint density at radius 3 is 2.47 bits per heavy atom. The maximum absolute atomic E-state index is 14.1. The van der Waals surface area contributed by atoms with Gasteiger partial charge in [0.25, 0.3) is 5.69 Å². The topological polar surface area (TPSA) is 118 Å². The number of non-ortho nitro benzene ring substituents is 1. The first kappa shape index (κ1) is 25.0. The largest absolute Gasteiger partial charge is 0.431 e. The number of ether oxygens (including phenoxy) is 1. The smallest absolute Gasteiger partial charge is 0.340 e. The Morgan fingerprint density at radius 2 is 1.78 bits per heavy atom. The molecule has 0 bridgehead atoms. The molecule has 0 N–H and O–H groups in total. The number of benzene rings is 3. The van der Waals surface area contributed by atoms with Crippen molar-refractivity contribution in [2.45, 2.75) is 31.2 Å². The maximum atomic E-state index is 14.1.